The molecule has 2 N–H and O–H groups in total. The van der Waals surface area contributed by atoms with Gasteiger partial charge in [0.1, 0.15) is 0 Å². The summed E-state index contributed by atoms with van der Waals surface area (Å²) in [6.45, 7) is 0. The molecule has 1 atom stereocenters. The van der Waals surface area contributed by atoms with Gasteiger partial charge in [0.15, 0.2) is 0 Å². The summed E-state index contributed by atoms with van der Waals surface area (Å²) < 4.78 is 0. The second kappa shape index (κ2) is 5.85. The molecule has 0 spiro atoms. The Morgan fingerprint density at radius 3 is 2.31 bits per heavy atom. The topological polar surface area (TPSA) is 57.5 Å². The molecule has 72 valence electrons. The highest BCUT2D eigenvalue weighted by Crippen LogP contribution is 2.20. The lowest BCUT2D eigenvalue weighted by Crippen LogP contribution is -2.14. The van der Waals surface area contributed by atoms with E-state index in [-0.39, 0.29) is 12.4 Å². The first kappa shape index (κ1) is 12.3. The smallest absolute Gasteiger partial charge is 0.343 e. The van der Waals surface area contributed by atoms with Crippen molar-refractivity contribution in [3.05, 3.63) is 30.3 Å². The number of hydrogen-bond donors (Lipinski definition) is 2. The van der Waals surface area contributed by atoms with Crippen LogP contribution in [0.4, 0.5) is 0 Å². The number of benzene rings is 1. The van der Waals surface area contributed by atoms with Crippen molar-refractivity contribution in [2.24, 2.45) is 0 Å². The number of aliphatic hydroxyl groups is 1. The van der Waals surface area contributed by atoms with E-state index < -0.39 is 11.4 Å². The summed E-state index contributed by atoms with van der Waals surface area (Å²) in [5.74, 6) is -1.22. The van der Waals surface area contributed by atoms with E-state index in [0.717, 1.165) is 16.7 Å². The van der Waals surface area contributed by atoms with Gasteiger partial charge in [-0.05, 0) is 12.1 Å². The Balaban J connectivity index is 0.00000144. The molecule has 13 heavy (non-hydrogen) atoms. The Morgan fingerprint density at radius 2 is 1.85 bits per heavy atom. The number of thioether (sulfide) groups is 1. The van der Waals surface area contributed by atoms with Crippen molar-refractivity contribution < 1.29 is 15.0 Å². The Hall–Kier alpha value is -0.710. The first-order valence-corrected chi connectivity index (χ1v) is 4.20. The zero-order chi connectivity index (χ0) is 8.97. The minimum atomic E-state index is -1.38. The molecule has 0 saturated heterocycles. The number of carboxylic acid groups (broad SMARTS) is 1. The molecular formula is C8H9ClO3S. The third-order valence-electron chi connectivity index (χ3n) is 1.20. The zero-order valence-electron chi connectivity index (χ0n) is 6.58. The minimum absolute atomic E-state index is 0. The van der Waals surface area contributed by atoms with Gasteiger partial charge in [-0.2, -0.15) is 0 Å². The van der Waals surface area contributed by atoms with E-state index in [0.29, 0.717) is 0 Å². The minimum Gasteiger partial charge on any atom is -0.479 e. The Morgan fingerprint density at radius 1 is 1.31 bits per heavy atom. The third kappa shape index (κ3) is 4.17. The van der Waals surface area contributed by atoms with Crippen LogP contribution in [-0.2, 0) is 4.79 Å². The van der Waals surface area contributed by atoms with Crippen molar-refractivity contribution in [1.29, 1.82) is 0 Å². The molecule has 0 amide bonds. The fraction of sp³-hybridized carbons (Fsp3) is 0.125. The summed E-state index contributed by atoms with van der Waals surface area (Å²) in [5, 5.41) is 17.3. The SMILES string of the molecule is Cl.O=C(O)C(O)Sc1ccccc1. The van der Waals surface area contributed by atoms with Crippen molar-refractivity contribution in [2.45, 2.75) is 10.3 Å². The summed E-state index contributed by atoms with van der Waals surface area (Å²) in [6, 6.07) is 8.90. The van der Waals surface area contributed by atoms with Gasteiger partial charge in [0.25, 0.3) is 0 Å². The van der Waals surface area contributed by atoms with Crippen LogP contribution < -0.4 is 0 Å². The molecule has 1 rings (SSSR count). The van der Waals surface area contributed by atoms with Gasteiger partial charge in [-0.3, -0.25) is 0 Å². The van der Waals surface area contributed by atoms with E-state index in [1.54, 1.807) is 24.3 Å². The summed E-state index contributed by atoms with van der Waals surface area (Å²) >= 11 is 0.908. The van der Waals surface area contributed by atoms with Gasteiger partial charge in [0, 0.05) is 4.90 Å². The van der Waals surface area contributed by atoms with Crippen molar-refractivity contribution >= 4 is 30.1 Å². The second-order valence-electron chi connectivity index (χ2n) is 2.12. The van der Waals surface area contributed by atoms with Gasteiger partial charge in [0.05, 0.1) is 0 Å². The molecule has 0 aliphatic carbocycles. The van der Waals surface area contributed by atoms with Gasteiger partial charge in [-0.1, -0.05) is 30.0 Å². The average Bonchev–Trinajstić information content (AvgIpc) is 2.06. The van der Waals surface area contributed by atoms with Crippen LogP contribution >= 0.6 is 24.2 Å². The highest BCUT2D eigenvalue weighted by atomic mass is 35.5. The van der Waals surface area contributed by atoms with Crippen LogP contribution in [0, 0.1) is 0 Å². The predicted octanol–water partition coefficient (Wildman–Crippen LogP) is 1.60. The molecule has 1 aromatic rings. The molecule has 0 fully saturated rings. The first-order valence-electron chi connectivity index (χ1n) is 3.33. The molecule has 1 aromatic carbocycles. The van der Waals surface area contributed by atoms with Crippen LogP contribution in [0.3, 0.4) is 0 Å². The summed E-state index contributed by atoms with van der Waals surface area (Å²) in [5.41, 5.74) is -1.38. The quantitative estimate of drug-likeness (QED) is 0.600. The van der Waals surface area contributed by atoms with E-state index in [1.807, 2.05) is 6.07 Å². The monoisotopic (exact) mass is 220 g/mol. The standard InChI is InChI=1S/C8H8O3S.ClH/c9-7(10)8(11)12-6-4-2-1-3-5-6;/h1-5,8,11H,(H,9,10);1H. The van der Waals surface area contributed by atoms with Crippen molar-refractivity contribution in [2.75, 3.05) is 0 Å². The van der Waals surface area contributed by atoms with Crippen molar-refractivity contribution in [1.82, 2.24) is 0 Å². The normalized spacial score (nSPS) is 11.5. The lowest BCUT2D eigenvalue weighted by Gasteiger charge is -2.03. The number of halogens is 1. The maximum atomic E-state index is 10.2. The second-order valence-corrected chi connectivity index (χ2v) is 3.28. The van der Waals surface area contributed by atoms with Gasteiger partial charge < -0.3 is 10.2 Å². The maximum absolute atomic E-state index is 10.2. The summed E-state index contributed by atoms with van der Waals surface area (Å²) in [7, 11) is 0. The summed E-state index contributed by atoms with van der Waals surface area (Å²) in [6.07, 6.45) is 0. The van der Waals surface area contributed by atoms with Gasteiger partial charge in [-0.25, -0.2) is 4.79 Å². The number of carbonyl (C=O) groups is 1. The molecular weight excluding hydrogens is 212 g/mol. The largest absolute Gasteiger partial charge is 0.479 e. The van der Waals surface area contributed by atoms with Crippen LogP contribution in [0.2, 0.25) is 0 Å². The number of carboxylic acids is 1. The first-order chi connectivity index (χ1) is 5.70. The summed E-state index contributed by atoms with van der Waals surface area (Å²) in [4.78, 5) is 11.0. The fourth-order valence-electron chi connectivity index (χ4n) is 0.678. The maximum Gasteiger partial charge on any atom is 0.343 e. The lowest BCUT2D eigenvalue weighted by atomic mass is 10.4. The molecule has 0 saturated carbocycles. The molecule has 0 aliphatic rings. The molecule has 1 unspecified atom stereocenters. The van der Waals surface area contributed by atoms with Crippen LogP contribution in [0.25, 0.3) is 0 Å². The number of aliphatic carboxylic acids is 1. The van der Waals surface area contributed by atoms with Crippen LogP contribution in [-0.4, -0.2) is 21.6 Å². The van der Waals surface area contributed by atoms with Crippen LogP contribution in [0.15, 0.2) is 35.2 Å². The number of rotatable bonds is 3. The molecule has 0 aliphatic heterocycles. The lowest BCUT2D eigenvalue weighted by molar-refractivity contribution is -0.141. The van der Waals surface area contributed by atoms with E-state index in [4.69, 9.17) is 10.2 Å². The third-order valence-corrected chi connectivity index (χ3v) is 2.17. The number of aliphatic hydroxyl groups excluding tert-OH is 1. The molecule has 0 bridgehead atoms. The van der Waals surface area contributed by atoms with Gasteiger partial charge >= 0.3 is 5.97 Å². The highest BCUT2D eigenvalue weighted by Gasteiger charge is 2.13. The Bertz CT molecular complexity index is 265. The van der Waals surface area contributed by atoms with E-state index in [2.05, 4.69) is 0 Å². The molecule has 0 aromatic heterocycles. The highest BCUT2D eigenvalue weighted by molar-refractivity contribution is 8.00. The number of hydrogen-bond acceptors (Lipinski definition) is 3. The van der Waals surface area contributed by atoms with E-state index >= 15 is 0 Å². The van der Waals surface area contributed by atoms with Crippen molar-refractivity contribution in [3.63, 3.8) is 0 Å². The van der Waals surface area contributed by atoms with Gasteiger partial charge in [-0.15, -0.1) is 12.4 Å². The average molecular weight is 221 g/mol. The molecule has 5 heteroatoms. The van der Waals surface area contributed by atoms with E-state index in [1.165, 1.54) is 0 Å². The molecule has 0 radical (unpaired) electrons. The fourth-order valence-corrected chi connectivity index (χ4v) is 1.35. The molecule has 0 heterocycles. The Kier molecular flexibility index (Phi) is 5.53. The van der Waals surface area contributed by atoms with E-state index in [9.17, 15) is 4.79 Å². The van der Waals surface area contributed by atoms with Crippen molar-refractivity contribution in [3.8, 4) is 0 Å². The van der Waals surface area contributed by atoms with Crippen LogP contribution in [0.1, 0.15) is 0 Å². The predicted molar refractivity (Wildman–Crippen MR) is 53.2 cm³/mol. The van der Waals surface area contributed by atoms with Gasteiger partial charge in [0.2, 0.25) is 5.44 Å². The Labute approximate surface area is 86.2 Å². The van der Waals surface area contributed by atoms with Crippen LogP contribution in [0.5, 0.6) is 0 Å². The molecule has 3 nitrogen and oxygen atoms in total. The zero-order valence-corrected chi connectivity index (χ0v) is 8.22.